The van der Waals surface area contributed by atoms with E-state index in [1.165, 1.54) is 0 Å². The summed E-state index contributed by atoms with van der Waals surface area (Å²) in [5.74, 6) is 1.19. The molecule has 1 atom stereocenters. The number of halogens is 2. The Kier molecular flexibility index (Phi) is 7.64. The summed E-state index contributed by atoms with van der Waals surface area (Å²) in [6.45, 7) is 4.34. The van der Waals surface area contributed by atoms with Gasteiger partial charge >= 0.3 is 0 Å². The Labute approximate surface area is 181 Å². The van der Waals surface area contributed by atoms with Crippen LogP contribution in [-0.2, 0) is 11.3 Å². The molecule has 7 heteroatoms. The summed E-state index contributed by atoms with van der Waals surface area (Å²) in [5, 5.41) is 4.71. The number of ether oxygens (including phenoxy) is 2. The third kappa shape index (κ3) is 5.78. The number of carbonyl (C=O) groups excluding carboxylic acids is 1. The maximum atomic E-state index is 12.2. The maximum absolute atomic E-state index is 12.2. The van der Waals surface area contributed by atoms with E-state index in [1.807, 2.05) is 42.2 Å². The minimum absolute atomic E-state index is 0.0176. The first-order valence-electron chi connectivity index (χ1n) is 9.73. The smallest absolute Gasteiger partial charge is 0.260 e. The number of benzene rings is 2. The third-order valence-electron chi connectivity index (χ3n) is 5.08. The van der Waals surface area contributed by atoms with E-state index >= 15 is 0 Å². The van der Waals surface area contributed by atoms with Crippen molar-refractivity contribution in [1.82, 2.24) is 10.2 Å². The average molecular weight is 437 g/mol. The van der Waals surface area contributed by atoms with Gasteiger partial charge in [-0.3, -0.25) is 4.79 Å². The second-order valence-electron chi connectivity index (χ2n) is 7.13. The quantitative estimate of drug-likeness (QED) is 0.641. The second kappa shape index (κ2) is 10.2. The summed E-state index contributed by atoms with van der Waals surface area (Å²) >= 11 is 12.3. The molecule has 1 N–H and O–H groups in total. The lowest BCUT2D eigenvalue weighted by Gasteiger charge is -2.18. The van der Waals surface area contributed by atoms with Crippen molar-refractivity contribution in [3.63, 3.8) is 0 Å². The lowest BCUT2D eigenvalue weighted by molar-refractivity contribution is -0.132. The number of likely N-dealkylation sites (tertiary alicyclic amines) is 1. The van der Waals surface area contributed by atoms with Gasteiger partial charge in [0.15, 0.2) is 18.1 Å². The van der Waals surface area contributed by atoms with Gasteiger partial charge < -0.3 is 19.7 Å². The van der Waals surface area contributed by atoms with Gasteiger partial charge in [0.2, 0.25) is 0 Å². The Morgan fingerprint density at radius 1 is 1.14 bits per heavy atom. The minimum atomic E-state index is 0.0176. The number of nitrogens with zero attached hydrogens (tertiary/aromatic N) is 1. The number of hydrogen-bond acceptors (Lipinski definition) is 4. The van der Waals surface area contributed by atoms with Crippen molar-refractivity contribution in [2.75, 3.05) is 26.8 Å². The van der Waals surface area contributed by atoms with Crippen molar-refractivity contribution in [2.45, 2.75) is 32.4 Å². The fraction of sp³-hybridized carbons (Fsp3) is 0.409. The Balaban J connectivity index is 1.58. The lowest BCUT2D eigenvalue weighted by atomic mass is 10.1. The third-order valence-corrected chi connectivity index (χ3v) is 5.64. The molecule has 2 aromatic carbocycles. The van der Waals surface area contributed by atoms with Crippen LogP contribution in [0.25, 0.3) is 0 Å². The van der Waals surface area contributed by atoms with E-state index in [9.17, 15) is 4.79 Å². The van der Waals surface area contributed by atoms with Crippen molar-refractivity contribution >= 4 is 29.1 Å². The van der Waals surface area contributed by atoms with Crippen molar-refractivity contribution in [2.24, 2.45) is 0 Å². The predicted molar refractivity (Wildman–Crippen MR) is 116 cm³/mol. The summed E-state index contributed by atoms with van der Waals surface area (Å²) in [4.78, 5) is 14.0. The molecular weight excluding hydrogens is 411 g/mol. The van der Waals surface area contributed by atoms with Gasteiger partial charge in [-0.2, -0.15) is 0 Å². The molecule has 156 valence electrons. The van der Waals surface area contributed by atoms with E-state index in [0.717, 1.165) is 37.1 Å². The van der Waals surface area contributed by atoms with E-state index < -0.39 is 0 Å². The standard InChI is InChI=1S/C22H26Cl2N2O3/c1-15(18-7-6-17(23)12-19(18)24)25-13-16-5-8-20(21(11-16)28-2)29-14-22(27)26-9-3-4-10-26/h5-8,11-12,15,25H,3-4,9-10,13-14H2,1-2H3/t15-/m1/s1. The van der Waals surface area contributed by atoms with E-state index in [4.69, 9.17) is 32.7 Å². The van der Waals surface area contributed by atoms with Crippen LogP contribution < -0.4 is 14.8 Å². The molecule has 0 aromatic heterocycles. The number of rotatable bonds is 8. The maximum Gasteiger partial charge on any atom is 0.260 e. The first-order chi connectivity index (χ1) is 14.0. The molecule has 29 heavy (non-hydrogen) atoms. The van der Waals surface area contributed by atoms with Crippen LogP contribution in [0.15, 0.2) is 36.4 Å². The molecule has 0 unspecified atom stereocenters. The van der Waals surface area contributed by atoms with Crippen LogP contribution in [0, 0.1) is 0 Å². The van der Waals surface area contributed by atoms with Crippen LogP contribution in [0.2, 0.25) is 10.0 Å². The van der Waals surface area contributed by atoms with Crippen LogP contribution in [0.1, 0.15) is 36.9 Å². The Morgan fingerprint density at radius 3 is 2.59 bits per heavy atom. The zero-order valence-electron chi connectivity index (χ0n) is 16.7. The molecule has 1 aliphatic heterocycles. The molecule has 0 bridgehead atoms. The first-order valence-corrected chi connectivity index (χ1v) is 10.5. The summed E-state index contributed by atoms with van der Waals surface area (Å²) in [6, 6.07) is 11.3. The van der Waals surface area contributed by atoms with Crippen molar-refractivity contribution in [1.29, 1.82) is 0 Å². The molecule has 1 aliphatic rings. The highest BCUT2D eigenvalue weighted by atomic mass is 35.5. The largest absolute Gasteiger partial charge is 0.493 e. The van der Waals surface area contributed by atoms with Gasteiger partial charge in [0.1, 0.15) is 0 Å². The number of methoxy groups -OCH3 is 1. The fourth-order valence-corrected chi connectivity index (χ4v) is 3.94. The van der Waals surface area contributed by atoms with Gasteiger partial charge in [0.05, 0.1) is 7.11 Å². The van der Waals surface area contributed by atoms with Gasteiger partial charge in [-0.25, -0.2) is 0 Å². The highest BCUT2D eigenvalue weighted by molar-refractivity contribution is 6.35. The molecule has 0 spiro atoms. The van der Waals surface area contributed by atoms with Gasteiger partial charge in [-0.15, -0.1) is 0 Å². The molecule has 1 saturated heterocycles. The highest BCUT2D eigenvalue weighted by Crippen LogP contribution is 2.29. The van der Waals surface area contributed by atoms with Crippen LogP contribution in [0.3, 0.4) is 0 Å². The molecule has 1 amide bonds. The van der Waals surface area contributed by atoms with Gasteiger partial charge in [0.25, 0.3) is 5.91 Å². The van der Waals surface area contributed by atoms with Gasteiger partial charge in [-0.05, 0) is 55.2 Å². The molecule has 0 radical (unpaired) electrons. The van der Waals surface area contributed by atoms with Crippen molar-refractivity contribution in [3.8, 4) is 11.5 Å². The molecule has 3 rings (SSSR count). The molecule has 5 nitrogen and oxygen atoms in total. The Morgan fingerprint density at radius 2 is 1.90 bits per heavy atom. The number of carbonyl (C=O) groups is 1. The highest BCUT2D eigenvalue weighted by Gasteiger charge is 2.19. The van der Waals surface area contributed by atoms with E-state index in [2.05, 4.69) is 5.32 Å². The monoisotopic (exact) mass is 436 g/mol. The van der Waals surface area contributed by atoms with Crippen molar-refractivity contribution in [3.05, 3.63) is 57.6 Å². The molecule has 2 aromatic rings. The molecule has 1 heterocycles. The Hall–Kier alpha value is -1.95. The summed E-state index contributed by atoms with van der Waals surface area (Å²) in [7, 11) is 1.60. The number of hydrogen-bond donors (Lipinski definition) is 1. The van der Waals surface area contributed by atoms with Crippen LogP contribution in [0.5, 0.6) is 11.5 Å². The average Bonchev–Trinajstić information content (AvgIpc) is 3.25. The normalized spacial score (nSPS) is 14.7. The van der Waals surface area contributed by atoms with E-state index in [0.29, 0.717) is 28.1 Å². The van der Waals surface area contributed by atoms with Crippen LogP contribution in [-0.4, -0.2) is 37.6 Å². The zero-order chi connectivity index (χ0) is 20.8. The van der Waals surface area contributed by atoms with Crippen molar-refractivity contribution < 1.29 is 14.3 Å². The zero-order valence-corrected chi connectivity index (χ0v) is 18.2. The summed E-state index contributed by atoms with van der Waals surface area (Å²) < 4.78 is 11.2. The fourth-order valence-electron chi connectivity index (χ4n) is 3.37. The molecule has 0 aliphatic carbocycles. The van der Waals surface area contributed by atoms with E-state index in [-0.39, 0.29) is 18.6 Å². The summed E-state index contributed by atoms with van der Waals surface area (Å²) in [6.07, 6.45) is 2.13. The predicted octanol–water partition coefficient (Wildman–Crippen LogP) is 4.85. The molecule has 0 saturated carbocycles. The van der Waals surface area contributed by atoms with Crippen LogP contribution >= 0.6 is 23.2 Å². The molecular formula is C22H26Cl2N2O3. The Bertz CT molecular complexity index is 854. The second-order valence-corrected chi connectivity index (χ2v) is 7.97. The van der Waals surface area contributed by atoms with Crippen LogP contribution in [0.4, 0.5) is 0 Å². The van der Waals surface area contributed by atoms with E-state index in [1.54, 1.807) is 13.2 Å². The summed E-state index contributed by atoms with van der Waals surface area (Å²) in [5.41, 5.74) is 2.03. The van der Waals surface area contributed by atoms with Gasteiger partial charge in [0, 0.05) is 35.7 Å². The molecule has 1 fully saturated rings. The minimum Gasteiger partial charge on any atom is -0.493 e. The lowest BCUT2D eigenvalue weighted by Crippen LogP contribution is -2.32. The topological polar surface area (TPSA) is 50.8 Å². The SMILES string of the molecule is COc1cc(CN[C@H](C)c2ccc(Cl)cc2Cl)ccc1OCC(=O)N1CCCC1. The number of nitrogens with one attached hydrogen (secondary N) is 1. The number of amides is 1. The first kappa shape index (κ1) is 21.8. The van der Waals surface area contributed by atoms with Gasteiger partial charge in [-0.1, -0.05) is 35.3 Å².